The largest absolute Gasteiger partial charge is 0.389 e. The van der Waals surface area contributed by atoms with Gasteiger partial charge in [-0.3, -0.25) is 4.79 Å². The molecule has 12 heavy (non-hydrogen) atoms. The van der Waals surface area contributed by atoms with Crippen molar-refractivity contribution in [3.05, 3.63) is 0 Å². The monoisotopic (exact) mass is 191 g/mol. The lowest BCUT2D eigenvalue weighted by molar-refractivity contribution is -0.141. The molecule has 1 aliphatic rings. The molecule has 0 aliphatic carbocycles. The average molecular weight is 192 g/mol. The maximum absolute atomic E-state index is 11.2. The first-order valence-corrected chi connectivity index (χ1v) is 4.79. The first-order chi connectivity index (χ1) is 5.74. The molecule has 1 heterocycles. The van der Waals surface area contributed by atoms with Gasteiger partial charge >= 0.3 is 0 Å². The molecule has 1 rings (SSSR count). The number of amides is 1. The lowest BCUT2D eigenvalue weighted by Crippen LogP contribution is -2.53. The standard InChI is InChI=1S/C8H14ClNO2/c9-4-2-1-3-8(12)10-5-7(11)6-10/h7,11H,1-6H2. The summed E-state index contributed by atoms with van der Waals surface area (Å²) in [6.07, 6.45) is 2.03. The topological polar surface area (TPSA) is 40.5 Å². The third-order valence-corrected chi connectivity index (χ3v) is 2.26. The lowest BCUT2D eigenvalue weighted by atomic mass is 10.1. The van der Waals surface area contributed by atoms with Crippen LogP contribution in [0.15, 0.2) is 0 Å². The zero-order chi connectivity index (χ0) is 8.97. The third kappa shape index (κ3) is 2.64. The number of aliphatic hydroxyl groups is 1. The van der Waals surface area contributed by atoms with E-state index in [2.05, 4.69) is 0 Å². The van der Waals surface area contributed by atoms with Gasteiger partial charge in [-0.05, 0) is 12.8 Å². The number of carbonyl (C=O) groups excluding carboxylic acids is 1. The summed E-state index contributed by atoms with van der Waals surface area (Å²) in [5, 5.41) is 8.92. The number of rotatable bonds is 4. The molecule has 1 amide bonds. The van der Waals surface area contributed by atoms with E-state index in [-0.39, 0.29) is 12.0 Å². The summed E-state index contributed by atoms with van der Waals surface area (Å²) >= 11 is 5.47. The SMILES string of the molecule is O=C(CCCCCl)N1CC(O)C1. The molecule has 1 N–H and O–H groups in total. The number of hydrogen-bond acceptors (Lipinski definition) is 2. The molecule has 70 valence electrons. The fraction of sp³-hybridized carbons (Fsp3) is 0.875. The Kier molecular flexibility index (Phi) is 3.82. The van der Waals surface area contributed by atoms with E-state index in [4.69, 9.17) is 16.7 Å². The van der Waals surface area contributed by atoms with Crippen molar-refractivity contribution < 1.29 is 9.90 Å². The number of hydrogen-bond donors (Lipinski definition) is 1. The van der Waals surface area contributed by atoms with Crippen LogP contribution in [-0.4, -0.2) is 41.0 Å². The first-order valence-electron chi connectivity index (χ1n) is 4.26. The highest BCUT2D eigenvalue weighted by atomic mass is 35.5. The third-order valence-electron chi connectivity index (χ3n) is 1.99. The molecule has 1 fully saturated rings. The fourth-order valence-electron chi connectivity index (χ4n) is 1.19. The number of likely N-dealkylation sites (tertiary alicyclic amines) is 1. The Morgan fingerprint density at radius 1 is 1.50 bits per heavy atom. The van der Waals surface area contributed by atoms with E-state index in [1.807, 2.05) is 0 Å². The molecular weight excluding hydrogens is 178 g/mol. The molecule has 0 aromatic rings. The second kappa shape index (κ2) is 4.67. The van der Waals surface area contributed by atoms with Gasteiger partial charge in [0.25, 0.3) is 0 Å². The van der Waals surface area contributed by atoms with E-state index in [9.17, 15) is 4.79 Å². The number of aliphatic hydroxyl groups excluding tert-OH is 1. The van der Waals surface area contributed by atoms with Gasteiger partial charge in [0, 0.05) is 25.4 Å². The minimum Gasteiger partial charge on any atom is -0.389 e. The van der Waals surface area contributed by atoms with Crippen LogP contribution in [0.25, 0.3) is 0 Å². The summed E-state index contributed by atoms with van der Waals surface area (Å²) < 4.78 is 0. The van der Waals surface area contributed by atoms with Gasteiger partial charge in [0.1, 0.15) is 0 Å². The normalized spacial score (nSPS) is 17.7. The van der Waals surface area contributed by atoms with Crippen LogP contribution in [0.2, 0.25) is 0 Å². The van der Waals surface area contributed by atoms with E-state index < -0.39 is 0 Å². The Hall–Kier alpha value is -0.280. The summed E-state index contributed by atoms with van der Waals surface area (Å²) in [4.78, 5) is 12.9. The molecule has 0 radical (unpaired) electrons. The van der Waals surface area contributed by atoms with E-state index in [0.29, 0.717) is 25.4 Å². The van der Waals surface area contributed by atoms with Crippen LogP contribution in [0.3, 0.4) is 0 Å². The second-order valence-corrected chi connectivity index (χ2v) is 3.48. The van der Waals surface area contributed by atoms with Gasteiger partial charge in [-0.1, -0.05) is 0 Å². The van der Waals surface area contributed by atoms with Gasteiger partial charge < -0.3 is 10.0 Å². The minimum absolute atomic E-state index is 0.144. The number of nitrogens with zero attached hydrogens (tertiary/aromatic N) is 1. The van der Waals surface area contributed by atoms with Gasteiger partial charge in [0.15, 0.2) is 0 Å². The highest BCUT2D eigenvalue weighted by Crippen LogP contribution is 2.10. The molecule has 3 nitrogen and oxygen atoms in total. The van der Waals surface area contributed by atoms with Crippen LogP contribution in [-0.2, 0) is 4.79 Å². The summed E-state index contributed by atoms with van der Waals surface area (Å²) in [6.45, 7) is 1.03. The molecular formula is C8H14ClNO2. The Balaban J connectivity index is 2.04. The van der Waals surface area contributed by atoms with Crippen molar-refractivity contribution in [1.29, 1.82) is 0 Å². The zero-order valence-electron chi connectivity index (χ0n) is 7.00. The lowest BCUT2D eigenvalue weighted by Gasteiger charge is -2.35. The average Bonchev–Trinajstić information content (AvgIpc) is 1.99. The van der Waals surface area contributed by atoms with Crippen LogP contribution in [0.4, 0.5) is 0 Å². The molecule has 0 bridgehead atoms. The van der Waals surface area contributed by atoms with Crippen molar-refractivity contribution in [2.75, 3.05) is 19.0 Å². The predicted molar refractivity (Wildman–Crippen MR) is 47.2 cm³/mol. The van der Waals surface area contributed by atoms with Crippen LogP contribution in [0.1, 0.15) is 19.3 Å². The summed E-state index contributed by atoms with van der Waals surface area (Å²) in [5.41, 5.74) is 0. The number of carbonyl (C=O) groups is 1. The molecule has 1 aliphatic heterocycles. The minimum atomic E-state index is -0.290. The van der Waals surface area contributed by atoms with Crippen molar-refractivity contribution >= 4 is 17.5 Å². The predicted octanol–water partition coefficient (Wildman–Crippen LogP) is 0.599. The van der Waals surface area contributed by atoms with Crippen LogP contribution in [0.5, 0.6) is 0 Å². The van der Waals surface area contributed by atoms with Gasteiger partial charge in [-0.25, -0.2) is 0 Å². The van der Waals surface area contributed by atoms with E-state index in [1.165, 1.54) is 0 Å². The summed E-state index contributed by atoms with van der Waals surface area (Å²) in [5.74, 6) is 0.765. The molecule has 4 heteroatoms. The van der Waals surface area contributed by atoms with Gasteiger partial charge in [0.2, 0.25) is 5.91 Å². The highest BCUT2D eigenvalue weighted by molar-refractivity contribution is 6.17. The Morgan fingerprint density at radius 2 is 2.17 bits per heavy atom. The fourth-order valence-corrected chi connectivity index (χ4v) is 1.38. The number of alkyl halides is 1. The molecule has 0 atom stereocenters. The molecule has 0 unspecified atom stereocenters. The summed E-state index contributed by atoms with van der Waals surface area (Å²) in [6, 6.07) is 0. The maximum atomic E-state index is 11.2. The van der Waals surface area contributed by atoms with Crippen LogP contribution in [0, 0.1) is 0 Å². The Morgan fingerprint density at radius 3 is 2.67 bits per heavy atom. The van der Waals surface area contributed by atoms with Gasteiger partial charge in [0.05, 0.1) is 6.10 Å². The van der Waals surface area contributed by atoms with Gasteiger partial charge in [-0.2, -0.15) is 0 Å². The quantitative estimate of drug-likeness (QED) is 0.522. The Labute approximate surface area is 77.3 Å². The zero-order valence-corrected chi connectivity index (χ0v) is 7.76. The highest BCUT2D eigenvalue weighted by Gasteiger charge is 2.27. The van der Waals surface area contributed by atoms with Crippen molar-refractivity contribution in [3.63, 3.8) is 0 Å². The Bertz CT molecular complexity index is 157. The number of β-amino-alcohol motifs (C(OH)–C–C–N with tert-alkyl or cyclic N) is 1. The molecule has 0 aromatic carbocycles. The number of halogens is 1. The summed E-state index contributed by atoms with van der Waals surface area (Å²) in [7, 11) is 0. The van der Waals surface area contributed by atoms with Crippen molar-refractivity contribution in [3.8, 4) is 0 Å². The smallest absolute Gasteiger partial charge is 0.222 e. The van der Waals surface area contributed by atoms with Crippen molar-refractivity contribution in [2.45, 2.75) is 25.4 Å². The maximum Gasteiger partial charge on any atom is 0.222 e. The molecule has 0 saturated carbocycles. The number of unbranched alkanes of at least 4 members (excludes halogenated alkanes) is 1. The van der Waals surface area contributed by atoms with Crippen LogP contribution < -0.4 is 0 Å². The molecule has 0 aromatic heterocycles. The van der Waals surface area contributed by atoms with E-state index >= 15 is 0 Å². The van der Waals surface area contributed by atoms with Crippen molar-refractivity contribution in [1.82, 2.24) is 4.90 Å². The van der Waals surface area contributed by atoms with E-state index in [0.717, 1.165) is 12.8 Å². The van der Waals surface area contributed by atoms with E-state index in [1.54, 1.807) is 4.90 Å². The second-order valence-electron chi connectivity index (χ2n) is 3.10. The van der Waals surface area contributed by atoms with Crippen molar-refractivity contribution in [2.24, 2.45) is 0 Å². The van der Waals surface area contributed by atoms with Crippen LogP contribution >= 0.6 is 11.6 Å². The first kappa shape index (κ1) is 9.81. The molecule has 0 spiro atoms. The molecule has 1 saturated heterocycles. The van der Waals surface area contributed by atoms with Gasteiger partial charge in [-0.15, -0.1) is 11.6 Å².